The topological polar surface area (TPSA) is 93.1 Å². The van der Waals surface area contributed by atoms with E-state index in [9.17, 15) is 0 Å². The molecule has 11 heteroatoms. The fourth-order valence-corrected chi connectivity index (χ4v) is 7.63. The maximum atomic E-state index is 7.31. The minimum atomic E-state index is -2.33. The fraction of sp³-hybridized carbons (Fsp3) is 0.722. The van der Waals surface area contributed by atoms with Crippen LogP contribution in [0, 0.1) is 0 Å². The number of benzene rings is 1. The van der Waals surface area contributed by atoms with E-state index in [0.717, 1.165) is 44.1 Å². The van der Waals surface area contributed by atoms with Crippen LogP contribution in [0.5, 0.6) is 5.75 Å². The number of nitrogens with two attached hydrogens (primary N) is 1. The van der Waals surface area contributed by atoms with Crippen molar-refractivity contribution in [3.8, 4) is 5.75 Å². The van der Waals surface area contributed by atoms with Crippen molar-refractivity contribution >= 4 is 40.2 Å². The van der Waals surface area contributed by atoms with Gasteiger partial charge in [0.25, 0.3) is 8.32 Å². The molecule has 0 aliphatic heterocycles. The van der Waals surface area contributed by atoms with Crippen molar-refractivity contribution in [1.82, 2.24) is 9.78 Å². The Bertz CT molecular complexity index is 1350. The Morgan fingerprint density at radius 1 is 1.00 bits per heavy atom. The van der Waals surface area contributed by atoms with Crippen molar-refractivity contribution in [1.29, 1.82) is 0 Å². The highest BCUT2D eigenvalue weighted by atomic mass is 32.2. The lowest BCUT2D eigenvalue weighted by atomic mass is 9.78. The summed E-state index contributed by atoms with van der Waals surface area (Å²) in [6.45, 7) is 27.6. The smallest absolute Gasteiger partial charge is 0.302 e. The van der Waals surface area contributed by atoms with Gasteiger partial charge in [0.05, 0.1) is 0 Å². The third-order valence-electron chi connectivity index (χ3n) is 10.6. The molecule has 1 aliphatic rings. The Morgan fingerprint density at radius 3 is 2.09 bits per heavy atom. The number of nitrogens with zero attached hydrogens (tertiary/aromatic N) is 3. The lowest BCUT2D eigenvalue weighted by molar-refractivity contribution is -0.0607. The monoisotopic (exact) mass is 704 g/mol. The molecule has 266 valence electrons. The number of ether oxygens (including phenoxy) is 2. The standard InChI is InChI=1S/C36H64N4O4SSi2/c1-15-16-20-23-35(8,26-42-46(11,12)33(2,3)4)28-29(31(41-9)43-27-21-18-17-19-22-27)39-40(30(28)37)32(38-36(45-10)24-25-36)44-47(13,14)34(5,6)7/h17-19,21-22,31H,15-16,20,23-26,37H2,1-14H3/b38-32+. The third kappa shape index (κ3) is 9.47. The first-order valence-corrected chi connectivity index (χ1v) is 24.3. The average Bonchev–Trinajstić information content (AvgIpc) is 3.67. The van der Waals surface area contributed by atoms with Gasteiger partial charge in [-0.25, -0.2) is 4.99 Å². The zero-order chi connectivity index (χ0) is 35.5. The van der Waals surface area contributed by atoms with Gasteiger partial charge in [-0.3, -0.25) is 0 Å². The van der Waals surface area contributed by atoms with Crippen LogP contribution in [-0.4, -0.2) is 57.3 Å². The lowest BCUT2D eigenvalue weighted by Crippen LogP contribution is -2.45. The van der Waals surface area contributed by atoms with Crippen molar-refractivity contribution in [3.05, 3.63) is 41.6 Å². The summed E-state index contributed by atoms with van der Waals surface area (Å²) in [6.07, 6.45) is 7.44. The molecule has 0 radical (unpaired) electrons. The van der Waals surface area contributed by atoms with Crippen molar-refractivity contribution in [2.75, 3.05) is 25.7 Å². The van der Waals surface area contributed by atoms with Gasteiger partial charge in [0.1, 0.15) is 22.1 Å². The van der Waals surface area contributed by atoms with Gasteiger partial charge >= 0.3 is 6.02 Å². The number of para-hydroxylation sites is 1. The summed E-state index contributed by atoms with van der Waals surface area (Å²) in [7, 11) is -2.78. The molecule has 2 atom stereocenters. The quantitative estimate of drug-likeness (QED) is 0.0648. The van der Waals surface area contributed by atoms with Gasteiger partial charge in [-0.05, 0) is 73.9 Å². The summed E-state index contributed by atoms with van der Waals surface area (Å²) in [5, 5.41) is 5.25. The summed E-state index contributed by atoms with van der Waals surface area (Å²) in [4.78, 5) is 5.04. The van der Waals surface area contributed by atoms with Gasteiger partial charge in [0.15, 0.2) is 8.32 Å². The highest BCUT2D eigenvalue weighted by Crippen LogP contribution is 2.50. The highest BCUT2D eigenvalue weighted by molar-refractivity contribution is 8.00. The molecule has 2 unspecified atom stereocenters. The van der Waals surface area contributed by atoms with Crippen molar-refractivity contribution < 1.29 is 18.3 Å². The molecular weight excluding hydrogens is 641 g/mol. The molecule has 1 heterocycles. The van der Waals surface area contributed by atoms with E-state index < -0.39 is 28.3 Å². The number of anilines is 1. The summed E-state index contributed by atoms with van der Waals surface area (Å²) < 4.78 is 28.3. The third-order valence-corrected chi connectivity index (χ3v) is 20.6. The summed E-state index contributed by atoms with van der Waals surface area (Å²) >= 11 is 1.76. The van der Waals surface area contributed by atoms with E-state index in [4.69, 9.17) is 34.2 Å². The number of thioether (sulfide) groups is 1. The Labute approximate surface area is 292 Å². The number of aliphatic imine (C=N–C) groups is 1. The van der Waals surface area contributed by atoms with Crippen molar-refractivity contribution in [2.24, 2.45) is 4.99 Å². The molecule has 1 saturated carbocycles. The minimum absolute atomic E-state index is 0.0470. The number of rotatable bonds is 15. The van der Waals surface area contributed by atoms with Crippen LogP contribution in [0.25, 0.3) is 0 Å². The normalized spacial score (nSPS) is 17.7. The molecule has 1 aromatic heterocycles. The number of nitrogen functional groups attached to an aromatic ring is 1. The largest absolute Gasteiger partial charge is 0.517 e. The maximum absolute atomic E-state index is 7.31. The predicted molar refractivity (Wildman–Crippen MR) is 205 cm³/mol. The zero-order valence-electron chi connectivity index (χ0n) is 31.9. The Balaban J connectivity index is 2.31. The van der Waals surface area contributed by atoms with Gasteiger partial charge in [-0.15, -0.1) is 11.8 Å². The zero-order valence-corrected chi connectivity index (χ0v) is 34.7. The number of methoxy groups -OCH3 is 1. The molecule has 1 aromatic carbocycles. The Kier molecular flexibility index (Phi) is 12.6. The molecule has 8 nitrogen and oxygen atoms in total. The summed E-state index contributed by atoms with van der Waals surface area (Å²) in [5.41, 5.74) is 8.35. The average molecular weight is 705 g/mol. The molecular formula is C36H64N4O4SSi2. The number of hydrogen-bond acceptors (Lipinski definition) is 8. The fourth-order valence-electron chi connectivity index (χ4n) is 4.94. The molecule has 0 saturated heterocycles. The number of hydrogen-bond donors (Lipinski definition) is 1. The first-order valence-electron chi connectivity index (χ1n) is 17.3. The van der Waals surface area contributed by atoms with Crippen LogP contribution in [-0.2, 0) is 19.0 Å². The molecule has 3 rings (SSSR count). The molecule has 1 fully saturated rings. The first-order chi connectivity index (χ1) is 21.7. The van der Waals surface area contributed by atoms with Crippen molar-refractivity contribution in [2.45, 2.75) is 147 Å². The summed E-state index contributed by atoms with van der Waals surface area (Å²) in [5.74, 6) is 1.19. The van der Waals surface area contributed by atoms with Crippen LogP contribution in [0.1, 0.15) is 111 Å². The number of aromatic nitrogens is 2. The van der Waals surface area contributed by atoms with Gasteiger partial charge in [-0.2, -0.15) is 9.78 Å². The molecule has 0 spiro atoms. The van der Waals surface area contributed by atoms with Gasteiger partial charge < -0.3 is 24.1 Å². The van der Waals surface area contributed by atoms with Crippen LogP contribution in [0.2, 0.25) is 36.3 Å². The number of unbranched alkanes of at least 4 members (excludes halogenated alkanes) is 2. The second kappa shape index (κ2) is 15.0. The highest BCUT2D eigenvalue weighted by Gasteiger charge is 2.47. The molecule has 2 aromatic rings. The van der Waals surface area contributed by atoms with E-state index in [2.05, 4.69) is 87.8 Å². The van der Waals surface area contributed by atoms with Gasteiger partial charge in [0.2, 0.25) is 6.29 Å². The van der Waals surface area contributed by atoms with Crippen LogP contribution in [0.3, 0.4) is 0 Å². The molecule has 2 N–H and O–H groups in total. The minimum Gasteiger partial charge on any atom is -0.517 e. The predicted octanol–water partition coefficient (Wildman–Crippen LogP) is 10.1. The second-order valence-electron chi connectivity index (χ2n) is 16.5. The van der Waals surface area contributed by atoms with E-state index >= 15 is 0 Å². The Hall–Kier alpha value is -1.80. The van der Waals surface area contributed by atoms with Crippen LogP contribution in [0.4, 0.5) is 5.82 Å². The molecule has 0 bridgehead atoms. The van der Waals surface area contributed by atoms with E-state index in [1.165, 1.54) is 0 Å². The van der Waals surface area contributed by atoms with Crippen LogP contribution in [0.15, 0.2) is 35.3 Å². The van der Waals surface area contributed by atoms with E-state index in [0.29, 0.717) is 29.9 Å². The summed E-state index contributed by atoms with van der Waals surface area (Å²) in [6, 6.07) is 10.2. The maximum Gasteiger partial charge on any atom is 0.302 e. The Morgan fingerprint density at radius 2 is 1.60 bits per heavy atom. The molecule has 1 aliphatic carbocycles. The molecule has 47 heavy (non-hydrogen) atoms. The van der Waals surface area contributed by atoms with Gasteiger partial charge in [-0.1, -0.05) is 92.9 Å². The van der Waals surface area contributed by atoms with Crippen molar-refractivity contribution in [3.63, 3.8) is 0 Å². The van der Waals surface area contributed by atoms with Crippen LogP contribution < -0.4 is 10.5 Å². The van der Waals surface area contributed by atoms with Crippen LogP contribution >= 0.6 is 11.8 Å². The van der Waals surface area contributed by atoms with E-state index in [1.54, 1.807) is 23.6 Å². The van der Waals surface area contributed by atoms with Gasteiger partial charge in [0, 0.05) is 24.7 Å². The molecule has 0 amide bonds. The second-order valence-corrected chi connectivity index (χ2v) is 27.2. The first kappa shape index (κ1) is 39.6. The lowest BCUT2D eigenvalue weighted by Gasteiger charge is -2.40. The van der Waals surface area contributed by atoms with E-state index in [1.807, 2.05) is 30.3 Å². The SMILES string of the molecule is CCCCCC(C)(CO[Si](C)(C)C(C)(C)C)c1c(C(OC)Oc2ccccc2)nn(/C(=N\C2(SC)CC2)O[Si](C)(C)C(C)(C)C)c1N. The van der Waals surface area contributed by atoms with E-state index in [-0.39, 0.29) is 14.9 Å².